The molecule has 2 aliphatic rings. The summed E-state index contributed by atoms with van der Waals surface area (Å²) in [5, 5.41) is 3.33. The van der Waals surface area contributed by atoms with Gasteiger partial charge in [0.05, 0.1) is 0 Å². The maximum absolute atomic E-state index is 12.3. The number of nitrogens with zero attached hydrogens (tertiary/aromatic N) is 1. The molecule has 1 amide bonds. The van der Waals surface area contributed by atoms with E-state index in [0.29, 0.717) is 11.8 Å². The first kappa shape index (κ1) is 17.9. The van der Waals surface area contributed by atoms with Crippen LogP contribution < -0.4 is 14.8 Å². The van der Waals surface area contributed by atoms with Crippen molar-refractivity contribution in [1.29, 1.82) is 0 Å². The van der Waals surface area contributed by atoms with Crippen molar-refractivity contribution in [3.8, 4) is 11.5 Å². The fraction of sp³-hybridized carbons (Fsp3) is 0.588. The number of benzene rings is 1. The number of halogens is 1. The summed E-state index contributed by atoms with van der Waals surface area (Å²) in [6.07, 6.45) is 0.864. The number of rotatable bonds is 3. The van der Waals surface area contributed by atoms with E-state index < -0.39 is 0 Å². The van der Waals surface area contributed by atoms with Crippen LogP contribution in [-0.2, 0) is 11.2 Å². The highest BCUT2D eigenvalue weighted by Crippen LogP contribution is 2.41. The largest absolute Gasteiger partial charge is 0.483 e. The Hall–Kier alpha value is -1.46. The average Bonchev–Trinajstić information content (AvgIpc) is 2.79. The second kappa shape index (κ2) is 6.97. The lowest BCUT2D eigenvalue weighted by Crippen LogP contribution is -2.52. The smallest absolute Gasteiger partial charge is 0.260 e. The fourth-order valence-corrected chi connectivity index (χ4v) is 3.09. The number of ether oxygens (including phenoxy) is 2. The van der Waals surface area contributed by atoms with Gasteiger partial charge in [-0.3, -0.25) is 4.79 Å². The molecule has 1 N–H and O–H groups in total. The Morgan fingerprint density at radius 1 is 1.48 bits per heavy atom. The maximum Gasteiger partial charge on any atom is 0.260 e. The van der Waals surface area contributed by atoms with Gasteiger partial charge >= 0.3 is 0 Å². The number of carbonyl (C=O) groups is 1. The summed E-state index contributed by atoms with van der Waals surface area (Å²) in [5.41, 5.74) is 0.936. The van der Waals surface area contributed by atoms with E-state index in [1.165, 1.54) is 0 Å². The lowest BCUT2D eigenvalue weighted by atomic mass is 10.0. The van der Waals surface area contributed by atoms with Crippen molar-refractivity contribution in [3.05, 3.63) is 23.8 Å². The standard InChI is InChI=1S/C17H24N2O3.ClH/c1-12-10-19(8-7-18-12)15(20)11-21-14-6-4-5-13-9-17(2,3)22-16(13)14;/h4-6,12,18H,7-11H2,1-3H3;1H/t12-;/m1./s1. The van der Waals surface area contributed by atoms with Gasteiger partial charge in [0.15, 0.2) is 18.1 Å². The van der Waals surface area contributed by atoms with Crippen LogP contribution in [0.15, 0.2) is 18.2 Å². The number of hydrogen-bond donors (Lipinski definition) is 1. The summed E-state index contributed by atoms with van der Waals surface area (Å²) in [6, 6.07) is 6.21. The molecule has 128 valence electrons. The van der Waals surface area contributed by atoms with E-state index in [4.69, 9.17) is 9.47 Å². The Labute approximate surface area is 143 Å². The molecular weight excluding hydrogens is 316 g/mol. The van der Waals surface area contributed by atoms with E-state index in [2.05, 4.69) is 32.2 Å². The molecule has 0 radical (unpaired) electrons. The van der Waals surface area contributed by atoms with Gasteiger partial charge in [0.2, 0.25) is 0 Å². The number of fused-ring (bicyclic) bond motifs is 1. The molecule has 0 aromatic heterocycles. The van der Waals surface area contributed by atoms with Crippen molar-refractivity contribution in [2.75, 3.05) is 26.2 Å². The molecule has 1 aromatic carbocycles. The third kappa shape index (κ3) is 4.09. The monoisotopic (exact) mass is 340 g/mol. The van der Waals surface area contributed by atoms with Crippen molar-refractivity contribution >= 4 is 18.3 Å². The molecule has 1 saturated heterocycles. The molecule has 1 atom stereocenters. The molecule has 0 saturated carbocycles. The number of para-hydroxylation sites is 1. The Kier molecular flexibility index (Phi) is 5.42. The molecule has 1 aromatic rings. The lowest BCUT2D eigenvalue weighted by Gasteiger charge is -2.31. The van der Waals surface area contributed by atoms with Crippen molar-refractivity contribution < 1.29 is 14.3 Å². The maximum atomic E-state index is 12.3. The molecule has 6 heteroatoms. The van der Waals surface area contributed by atoms with Gasteiger partial charge in [-0.2, -0.15) is 0 Å². The van der Waals surface area contributed by atoms with E-state index in [-0.39, 0.29) is 30.5 Å². The van der Waals surface area contributed by atoms with Crippen LogP contribution in [-0.4, -0.2) is 48.7 Å². The minimum atomic E-state index is -0.209. The van der Waals surface area contributed by atoms with E-state index in [9.17, 15) is 4.79 Å². The summed E-state index contributed by atoms with van der Waals surface area (Å²) in [4.78, 5) is 14.1. The van der Waals surface area contributed by atoms with Gasteiger partial charge in [0.1, 0.15) is 5.60 Å². The van der Waals surface area contributed by atoms with Crippen LogP contribution in [0, 0.1) is 0 Å². The number of nitrogens with one attached hydrogen (secondary N) is 1. The molecule has 0 aliphatic carbocycles. The van der Waals surface area contributed by atoms with Crippen LogP contribution in [0.5, 0.6) is 11.5 Å². The summed E-state index contributed by atoms with van der Waals surface area (Å²) in [5.74, 6) is 1.48. The SMILES string of the molecule is C[C@@H]1CN(C(=O)COc2cccc3c2OC(C)(C)C3)CCN1.Cl. The van der Waals surface area contributed by atoms with E-state index >= 15 is 0 Å². The van der Waals surface area contributed by atoms with Gasteiger partial charge in [-0.25, -0.2) is 0 Å². The lowest BCUT2D eigenvalue weighted by molar-refractivity contribution is -0.134. The molecule has 0 unspecified atom stereocenters. The Morgan fingerprint density at radius 2 is 2.26 bits per heavy atom. The molecule has 0 spiro atoms. The highest BCUT2D eigenvalue weighted by molar-refractivity contribution is 5.85. The molecular formula is C17H25ClN2O3. The van der Waals surface area contributed by atoms with Crippen LogP contribution in [0.2, 0.25) is 0 Å². The highest BCUT2D eigenvalue weighted by Gasteiger charge is 2.32. The second-order valence-corrected chi connectivity index (χ2v) is 6.77. The minimum Gasteiger partial charge on any atom is -0.483 e. The predicted molar refractivity (Wildman–Crippen MR) is 91.6 cm³/mol. The zero-order valence-corrected chi connectivity index (χ0v) is 14.7. The molecule has 0 bridgehead atoms. The van der Waals surface area contributed by atoms with E-state index in [0.717, 1.165) is 37.4 Å². The summed E-state index contributed by atoms with van der Waals surface area (Å²) < 4.78 is 11.7. The third-order valence-electron chi connectivity index (χ3n) is 4.13. The Bertz CT molecular complexity index is 577. The molecule has 3 rings (SSSR count). The zero-order valence-electron chi connectivity index (χ0n) is 13.9. The van der Waals surface area contributed by atoms with Crippen molar-refractivity contribution in [2.24, 2.45) is 0 Å². The van der Waals surface area contributed by atoms with Gasteiger partial charge in [-0.05, 0) is 26.8 Å². The Morgan fingerprint density at radius 3 is 3.00 bits per heavy atom. The topological polar surface area (TPSA) is 50.8 Å². The Balaban J connectivity index is 0.00000192. The van der Waals surface area contributed by atoms with Crippen molar-refractivity contribution in [2.45, 2.75) is 38.8 Å². The van der Waals surface area contributed by atoms with Gasteiger partial charge in [-0.1, -0.05) is 12.1 Å². The van der Waals surface area contributed by atoms with Crippen LogP contribution in [0.4, 0.5) is 0 Å². The second-order valence-electron chi connectivity index (χ2n) is 6.77. The zero-order chi connectivity index (χ0) is 15.7. The number of piperazine rings is 1. The van der Waals surface area contributed by atoms with Gasteiger partial charge in [0.25, 0.3) is 5.91 Å². The van der Waals surface area contributed by atoms with E-state index in [1.54, 1.807) is 0 Å². The molecule has 2 heterocycles. The number of hydrogen-bond acceptors (Lipinski definition) is 4. The highest BCUT2D eigenvalue weighted by atomic mass is 35.5. The number of amides is 1. The van der Waals surface area contributed by atoms with Crippen molar-refractivity contribution in [1.82, 2.24) is 10.2 Å². The van der Waals surface area contributed by atoms with Crippen molar-refractivity contribution in [3.63, 3.8) is 0 Å². The van der Waals surface area contributed by atoms with Crippen LogP contribution in [0.1, 0.15) is 26.3 Å². The molecule has 1 fully saturated rings. The summed E-state index contributed by atoms with van der Waals surface area (Å²) in [7, 11) is 0. The average molecular weight is 341 g/mol. The minimum absolute atomic E-state index is 0. The van der Waals surface area contributed by atoms with Gasteiger partial charge < -0.3 is 19.7 Å². The van der Waals surface area contributed by atoms with Crippen LogP contribution >= 0.6 is 12.4 Å². The van der Waals surface area contributed by atoms with Crippen LogP contribution in [0.3, 0.4) is 0 Å². The van der Waals surface area contributed by atoms with E-state index in [1.807, 2.05) is 17.0 Å². The first-order valence-electron chi connectivity index (χ1n) is 7.89. The first-order chi connectivity index (χ1) is 10.4. The third-order valence-corrected chi connectivity index (χ3v) is 4.13. The van der Waals surface area contributed by atoms with Crippen LogP contribution in [0.25, 0.3) is 0 Å². The van der Waals surface area contributed by atoms with Gasteiger partial charge in [0, 0.05) is 37.7 Å². The van der Waals surface area contributed by atoms with Gasteiger partial charge in [-0.15, -0.1) is 12.4 Å². The predicted octanol–water partition coefficient (Wildman–Crippen LogP) is 2.02. The molecule has 2 aliphatic heterocycles. The quantitative estimate of drug-likeness (QED) is 0.914. The first-order valence-corrected chi connectivity index (χ1v) is 7.89. The summed E-state index contributed by atoms with van der Waals surface area (Å²) in [6.45, 7) is 8.58. The number of carbonyl (C=O) groups excluding carboxylic acids is 1. The summed E-state index contributed by atoms with van der Waals surface area (Å²) >= 11 is 0. The fourth-order valence-electron chi connectivity index (χ4n) is 3.09. The molecule has 23 heavy (non-hydrogen) atoms. The molecule has 5 nitrogen and oxygen atoms in total. The normalized spacial score (nSPS) is 21.9.